The van der Waals surface area contributed by atoms with Gasteiger partial charge in [-0.25, -0.2) is 0 Å². The van der Waals surface area contributed by atoms with E-state index in [0.29, 0.717) is 6.54 Å². The number of carbonyl (C=O) groups excluding carboxylic acids is 1. The van der Waals surface area contributed by atoms with E-state index >= 15 is 0 Å². The zero-order chi connectivity index (χ0) is 10.6. The van der Waals surface area contributed by atoms with E-state index in [0.717, 1.165) is 8.66 Å². The molecular formula is C9H9BrN2OS. The second-order valence-corrected chi connectivity index (χ2v) is 5.34. The molecule has 0 spiro atoms. The van der Waals surface area contributed by atoms with Gasteiger partial charge < -0.3 is 4.90 Å². The summed E-state index contributed by atoms with van der Waals surface area (Å²) in [6.07, 6.45) is -0.0525. The summed E-state index contributed by atoms with van der Waals surface area (Å²) in [4.78, 5) is 13.9. The lowest BCUT2D eigenvalue weighted by Gasteiger charge is -2.13. The molecule has 1 amide bonds. The minimum absolute atomic E-state index is 0.0525. The van der Waals surface area contributed by atoms with Crippen molar-refractivity contribution in [2.24, 2.45) is 0 Å². The molecule has 14 heavy (non-hydrogen) atoms. The number of rotatable bonds is 3. The predicted molar refractivity (Wildman–Crippen MR) is 58.7 cm³/mol. The lowest BCUT2D eigenvalue weighted by atomic mass is 10.3. The van der Waals surface area contributed by atoms with Gasteiger partial charge in [0.2, 0.25) is 5.91 Å². The van der Waals surface area contributed by atoms with E-state index < -0.39 is 0 Å². The number of hydrogen-bond donors (Lipinski definition) is 0. The molecule has 0 aromatic carbocycles. The van der Waals surface area contributed by atoms with Gasteiger partial charge in [0.15, 0.2) is 0 Å². The molecule has 1 rings (SSSR count). The van der Waals surface area contributed by atoms with Gasteiger partial charge >= 0.3 is 0 Å². The summed E-state index contributed by atoms with van der Waals surface area (Å²) >= 11 is 4.94. The summed E-state index contributed by atoms with van der Waals surface area (Å²) in [5.74, 6) is -0.142. The standard InChI is InChI=1S/C9H9BrN2OS/c1-12(9(13)4-5-11)6-7-2-3-8(10)14-7/h2-3H,4,6H2,1H3. The molecule has 0 saturated heterocycles. The number of carbonyl (C=O) groups is 1. The van der Waals surface area contributed by atoms with Gasteiger partial charge in [-0.2, -0.15) is 5.26 Å². The quantitative estimate of drug-likeness (QED) is 0.848. The minimum Gasteiger partial charge on any atom is -0.340 e. The Morgan fingerprint density at radius 2 is 2.43 bits per heavy atom. The fourth-order valence-electron chi connectivity index (χ4n) is 0.961. The van der Waals surface area contributed by atoms with Crippen LogP contribution in [0.5, 0.6) is 0 Å². The summed E-state index contributed by atoms with van der Waals surface area (Å²) in [6, 6.07) is 5.75. The van der Waals surface area contributed by atoms with Crippen LogP contribution < -0.4 is 0 Å². The van der Waals surface area contributed by atoms with Crippen molar-refractivity contribution in [3.8, 4) is 6.07 Å². The Morgan fingerprint density at radius 3 is 2.93 bits per heavy atom. The first-order valence-electron chi connectivity index (χ1n) is 3.98. The monoisotopic (exact) mass is 272 g/mol. The molecule has 0 bridgehead atoms. The third-order valence-corrected chi connectivity index (χ3v) is 3.29. The molecule has 3 nitrogen and oxygen atoms in total. The van der Waals surface area contributed by atoms with Crippen LogP contribution in [-0.4, -0.2) is 17.9 Å². The molecule has 0 atom stereocenters. The van der Waals surface area contributed by atoms with Crippen LogP contribution in [0.4, 0.5) is 0 Å². The van der Waals surface area contributed by atoms with Crippen LogP contribution in [0, 0.1) is 11.3 Å². The Morgan fingerprint density at radius 1 is 1.71 bits per heavy atom. The van der Waals surface area contributed by atoms with Gasteiger partial charge in [-0.05, 0) is 28.1 Å². The summed E-state index contributed by atoms with van der Waals surface area (Å²) in [6.45, 7) is 0.566. The zero-order valence-corrected chi connectivity index (χ0v) is 10.1. The van der Waals surface area contributed by atoms with Crippen molar-refractivity contribution in [1.29, 1.82) is 5.26 Å². The van der Waals surface area contributed by atoms with Crippen LogP contribution >= 0.6 is 27.3 Å². The van der Waals surface area contributed by atoms with Crippen molar-refractivity contribution >= 4 is 33.2 Å². The largest absolute Gasteiger partial charge is 0.340 e. The highest BCUT2D eigenvalue weighted by Gasteiger charge is 2.09. The molecule has 0 aliphatic rings. The molecule has 74 valence electrons. The van der Waals surface area contributed by atoms with Crippen LogP contribution in [0.2, 0.25) is 0 Å². The van der Waals surface area contributed by atoms with Crippen LogP contribution in [0.1, 0.15) is 11.3 Å². The maximum absolute atomic E-state index is 11.3. The summed E-state index contributed by atoms with van der Waals surface area (Å²) in [5.41, 5.74) is 0. The summed E-state index contributed by atoms with van der Waals surface area (Å²) in [7, 11) is 1.70. The Labute approximate surface area is 95.1 Å². The molecule has 0 aliphatic heterocycles. The highest BCUT2D eigenvalue weighted by Crippen LogP contribution is 2.22. The highest BCUT2D eigenvalue weighted by atomic mass is 79.9. The molecule has 1 heterocycles. The maximum Gasteiger partial charge on any atom is 0.236 e. The molecule has 0 saturated carbocycles. The average molecular weight is 273 g/mol. The van der Waals surface area contributed by atoms with E-state index in [4.69, 9.17) is 5.26 Å². The second kappa shape index (κ2) is 5.13. The first-order valence-corrected chi connectivity index (χ1v) is 5.59. The Hall–Kier alpha value is -0.860. The maximum atomic E-state index is 11.3. The number of nitrogens with zero attached hydrogens (tertiary/aromatic N) is 2. The molecule has 0 fully saturated rings. The number of nitriles is 1. The first-order chi connectivity index (χ1) is 6.63. The highest BCUT2D eigenvalue weighted by molar-refractivity contribution is 9.11. The Bertz CT molecular complexity index is 369. The first kappa shape index (κ1) is 11.2. The number of amides is 1. The van der Waals surface area contributed by atoms with Crippen molar-refractivity contribution in [1.82, 2.24) is 4.90 Å². The van der Waals surface area contributed by atoms with E-state index in [-0.39, 0.29) is 12.3 Å². The van der Waals surface area contributed by atoms with Gasteiger partial charge in [-0.1, -0.05) is 0 Å². The van der Waals surface area contributed by atoms with Crippen LogP contribution in [0.25, 0.3) is 0 Å². The van der Waals surface area contributed by atoms with Gasteiger partial charge in [0.05, 0.1) is 16.4 Å². The van der Waals surface area contributed by atoms with E-state index in [9.17, 15) is 4.79 Å². The third kappa shape index (κ3) is 3.13. The van der Waals surface area contributed by atoms with Gasteiger partial charge in [-0.3, -0.25) is 4.79 Å². The van der Waals surface area contributed by atoms with Crippen molar-refractivity contribution < 1.29 is 4.79 Å². The van der Waals surface area contributed by atoms with Crippen molar-refractivity contribution in [2.75, 3.05) is 7.05 Å². The SMILES string of the molecule is CN(Cc1ccc(Br)s1)C(=O)CC#N. The van der Waals surface area contributed by atoms with Gasteiger partial charge in [0.25, 0.3) is 0 Å². The fourth-order valence-corrected chi connectivity index (χ4v) is 2.50. The lowest BCUT2D eigenvalue weighted by molar-refractivity contribution is -0.129. The van der Waals surface area contributed by atoms with Gasteiger partial charge in [0, 0.05) is 11.9 Å². The van der Waals surface area contributed by atoms with Crippen LogP contribution in [-0.2, 0) is 11.3 Å². The zero-order valence-electron chi connectivity index (χ0n) is 7.66. The van der Waals surface area contributed by atoms with E-state index in [1.807, 2.05) is 18.2 Å². The molecule has 0 radical (unpaired) electrons. The fraction of sp³-hybridized carbons (Fsp3) is 0.333. The molecule has 1 aromatic heterocycles. The summed E-state index contributed by atoms with van der Waals surface area (Å²) in [5, 5.41) is 8.35. The second-order valence-electron chi connectivity index (χ2n) is 2.79. The topological polar surface area (TPSA) is 44.1 Å². The average Bonchev–Trinajstić information content (AvgIpc) is 2.51. The molecule has 0 unspecified atom stereocenters. The van der Waals surface area contributed by atoms with Crippen molar-refractivity contribution in [3.05, 3.63) is 20.8 Å². The molecule has 5 heteroatoms. The van der Waals surface area contributed by atoms with E-state index in [1.54, 1.807) is 23.3 Å². The normalized spacial score (nSPS) is 9.50. The Kier molecular flexibility index (Phi) is 4.11. The lowest BCUT2D eigenvalue weighted by Crippen LogP contribution is -2.24. The van der Waals surface area contributed by atoms with E-state index in [1.165, 1.54) is 0 Å². The third-order valence-electron chi connectivity index (χ3n) is 1.68. The van der Waals surface area contributed by atoms with Gasteiger partial charge in [0.1, 0.15) is 6.42 Å². The van der Waals surface area contributed by atoms with E-state index in [2.05, 4.69) is 15.9 Å². The van der Waals surface area contributed by atoms with Crippen molar-refractivity contribution in [2.45, 2.75) is 13.0 Å². The van der Waals surface area contributed by atoms with Crippen molar-refractivity contribution in [3.63, 3.8) is 0 Å². The minimum atomic E-state index is -0.142. The number of hydrogen-bond acceptors (Lipinski definition) is 3. The van der Waals surface area contributed by atoms with Crippen LogP contribution in [0.3, 0.4) is 0 Å². The molecule has 0 N–H and O–H groups in total. The smallest absolute Gasteiger partial charge is 0.236 e. The molecular weight excluding hydrogens is 264 g/mol. The Balaban J connectivity index is 2.53. The van der Waals surface area contributed by atoms with Crippen LogP contribution in [0.15, 0.2) is 15.9 Å². The van der Waals surface area contributed by atoms with Gasteiger partial charge in [-0.15, -0.1) is 11.3 Å². The number of halogens is 1. The predicted octanol–water partition coefficient (Wildman–Crippen LogP) is 2.38. The molecule has 1 aromatic rings. The molecule has 0 aliphatic carbocycles. The summed E-state index contributed by atoms with van der Waals surface area (Å²) < 4.78 is 1.05. The number of thiophene rings is 1.